The SMILES string of the molecule is CCCCCCCCCCCCCCC(=O)OC[C@H](COP(=O)(O)OC[C@H](O)COP(=O)(O)OC[C@@H](COC(=O)CCCCCCCCCCCCCC(C)C)OC(=O)CCCCCCCCCCCCCCCCCCC(C)C)OC(=O)CCCCCCCCCCCCCC(C)C. The molecule has 0 heterocycles. The molecule has 0 spiro atoms. The minimum atomic E-state index is -4.96. The maximum Gasteiger partial charge on any atom is 0.472 e. The van der Waals surface area contributed by atoms with Gasteiger partial charge < -0.3 is 33.8 Å². The molecule has 0 fully saturated rings. The molecule has 0 aromatic carbocycles. The summed E-state index contributed by atoms with van der Waals surface area (Å²) in [5.74, 6) is 0.235. The third-order valence-electron chi connectivity index (χ3n) is 18.6. The van der Waals surface area contributed by atoms with Crippen molar-refractivity contribution in [3.63, 3.8) is 0 Å². The molecule has 0 amide bonds. The number of unbranched alkanes of at least 4 members (excludes halogenated alkanes) is 46. The molecule has 5 atom stereocenters. The van der Waals surface area contributed by atoms with E-state index in [2.05, 4.69) is 48.5 Å². The Bertz CT molecular complexity index is 1920. The van der Waals surface area contributed by atoms with Crippen LogP contribution in [0.3, 0.4) is 0 Å². The molecule has 0 rings (SSSR count). The van der Waals surface area contributed by atoms with Gasteiger partial charge in [0.25, 0.3) is 0 Å². The van der Waals surface area contributed by atoms with Crippen molar-refractivity contribution in [3.05, 3.63) is 0 Å². The lowest BCUT2D eigenvalue weighted by molar-refractivity contribution is -0.161. The lowest BCUT2D eigenvalue weighted by Crippen LogP contribution is -2.30. The zero-order valence-electron chi connectivity index (χ0n) is 65.0. The van der Waals surface area contributed by atoms with Crippen molar-refractivity contribution < 1.29 is 80.2 Å². The number of hydrogen-bond donors (Lipinski definition) is 3. The smallest absolute Gasteiger partial charge is 0.462 e. The van der Waals surface area contributed by atoms with E-state index in [1.807, 2.05) is 0 Å². The fraction of sp³-hybridized carbons (Fsp3) is 0.950. The Hall–Kier alpha value is -1.94. The quantitative estimate of drug-likeness (QED) is 0.0222. The normalized spacial score (nSPS) is 14.0. The van der Waals surface area contributed by atoms with Gasteiger partial charge in [-0.15, -0.1) is 0 Å². The summed E-state index contributed by atoms with van der Waals surface area (Å²) < 4.78 is 68.7. The summed E-state index contributed by atoms with van der Waals surface area (Å²) in [5.41, 5.74) is 0. The minimum absolute atomic E-state index is 0.107. The number of hydrogen-bond acceptors (Lipinski definition) is 15. The highest BCUT2D eigenvalue weighted by Gasteiger charge is 2.30. The van der Waals surface area contributed by atoms with Crippen molar-refractivity contribution in [1.82, 2.24) is 0 Å². The van der Waals surface area contributed by atoms with Crippen LogP contribution in [0, 0.1) is 17.8 Å². The molecule has 2 unspecified atom stereocenters. The van der Waals surface area contributed by atoms with Gasteiger partial charge in [-0.3, -0.25) is 37.3 Å². The van der Waals surface area contributed by atoms with E-state index in [-0.39, 0.29) is 25.7 Å². The third kappa shape index (κ3) is 74.1. The first-order valence-corrected chi connectivity index (χ1v) is 44.3. The van der Waals surface area contributed by atoms with Gasteiger partial charge in [-0.1, -0.05) is 363 Å². The molecule has 0 aromatic rings. The fourth-order valence-corrected chi connectivity index (χ4v) is 13.9. The van der Waals surface area contributed by atoms with Crippen LogP contribution in [0.25, 0.3) is 0 Å². The number of carbonyl (C=O) groups is 4. The van der Waals surface area contributed by atoms with Gasteiger partial charge in [0, 0.05) is 25.7 Å². The van der Waals surface area contributed by atoms with E-state index < -0.39 is 97.5 Å². The van der Waals surface area contributed by atoms with E-state index in [0.29, 0.717) is 25.7 Å². The van der Waals surface area contributed by atoms with Crippen molar-refractivity contribution in [3.8, 4) is 0 Å². The van der Waals surface area contributed by atoms with Crippen molar-refractivity contribution >= 4 is 39.5 Å². The molecule has 0 radical (unpaired) electrons. The van der Waals surface area contributed by atoms with Crippen LogP contribution in [0.1, 0.15) is 414 Å². The highest BCUT2D eigenvalue weighted by atomic mass is 31.2. The number of carbonyl (C=O) groups excluding carboxylic acids is 4. The van der Waals surface area contributed by atoms with E-state index in [1.54, 1.807) is 0 Å². The van der Waals surface area contributed by atoms with Gasteiger partial charge in [0.05, 0.1) is 26.4 Å². The summed E-state index contributed by atoms with van der Waals surface area (Å²) >= 11 is 0. The van der Waals surface area contributed by atoms with Crippen LogP contribution in [0.5, 0.6) is 0 Å². The topological polar surface area (TPSA) is 237 Å². The molecule has 0 aliphatic carbocycles. The van der Waals surface area contributed by atoms with Gasteiger partial charge in [0.15, 0.2) is 12.2 Å². The van der Waals surface area contributed by atoms with Crippen molar-refractivity contribution in [1.29, 1.82) is 0 Å². The average molecular weight is 1450 g/mol. The molecule has 3 N–H and O–H groups in total. The molecule has 0 aliphatic heterocycles. The molecule has 588 valence electrons. The van der Waals surface area contributed by atoms with Crippen LogP contribution >= 0.6 is 15.6 Å². The van der Waals surface area contributed by atoms with E-state index >= 15 is 0 Å². The van der Waals surface area contributed by atoms with Crippen LogP contribution in [-0.2, 0) is 65.4 Å². The molecule has 99 heavy (non-hydrogen) atoms. The molecule has 0 aromatic heterocycles. The Labute approximate surface area is 607 Å². The molecule has 19 heteroatoms. The Morgan fingerprint density at radius 3 is 0.687 bits per heavy atom. The van der Waals surface area contributed by atoms with Crippen LogP contribution in [0.15, 0.2) is 0 Å². The van der Waals surface area contributed by atoms with E-state index in [4.69, 9.17) is 37.0 Å². The molecule has 17 nitrogen and oxygen atoms in total. The summed E-state index contributed by atoms with van der Waals surface area (Å²) in [6, 6.07) is 0. The molecule has 0 bridgehead atoms. The number of phosphoric ester groups is 2. The average Bonchev–Trinajstić information content (AvgIpc) is 0.981. The van der Waals surface area contributed by atoms with Gasteiger partial charge in [-0.25, -0.2) is 9.13 Å². The lowest BCUT2D eigenvalue weighted by atomic mass is 10.0. The number of rotatable bonds is 78. The maximum atomic E-state index is 13.1. The minimum Gasteiger partial charge on any atom is -0.462 e. The summed E-state index contributed by atoms with van der Waals surface area (Å²) in [7, 11) is -9.92. The first kappa shape index (κ1) is 97.1. The van der Waals surface area contributed by atoms with Gasteiger partial charge >= 0.3 is 39.5 Å². The second-order valence-corrected chi connectivity index (χ2v) is 33.1. The van der Waals surface area contributed by atoms with E-state index in [0.717, 1.165) is 108 Å². The van der Waals surface area contributed by atoms with Crippen molar-refractivity contribution in [2.24, 2.45) is 17.8 Å². The Morgan fingerprint density at radius 1 is 0.273 bits per heavy atom. The summed E-state index contributed by atoms with van der Waals surface area (Å²) in [6.07, 6.45) is 58.1. The number of esters is 4. The molecular formula is C80H156O17P2. The van der Waals surface area contributed by atoms with Crippen LogP contribution < -0.4 is 0 Å². The summed E-state index contributed by atoms with van der Waals surface area (Å²) in [5, 5.41) is 10.6. The summed E-state index contributed by atoms with van der Waals surface area (Å²) in [6.45, 7) is 12.0. The predicted molar refractivity (Wildman–Crippen MR) is 405 cm³/mol. The largest absolute Gasteiger partial charge is 0.472 e. The Morgan fingerprint density at radius 2 is 0.465 bits per heavy atom. The second-order valence-electron chi connectivity index (χ2n) is 30.2. The first-order chi connectivity index (χ1) is 47.7. The highest BCUT2D eigenvalue weighted by molar-refractivity contribution is 7.47. The summed E-state index contributed by atoms with van der Waals surface area (Å²) in [4.78, 5) is 73.0. The fourth-order valence-electron chi connectivity index (χ4n) is 12.3. The zero-order chi connectivity index (χ0) is 73.0. The Kier molecular flexibility index (Phi) is 69.0. The Balaban J connectivity index is 5.26. The first-order valence-electron chi connectivity index (χ1n) is 41.3. The monoisotopic (exact) mass is 1450 g/mol. The van der Waals surface area contributed by atoms with E-state index in [9.17, 15) is 43.2 Å². The predicted octanol–water partition coefficient (Wildman–Crippen LogP) is 23.7. The number of ether oxygens (including phenoxy) is 4. The lowest BCUT2D eigenvalue weighted by Gasteiger charge is -2.21. The van der Waals surface area contributed by atoms with Crippen LogP contribution in [0.2, 0.25) is 0 Å². The molecule has 0 saturated heterocycles. The third-order valence-corrected chi connectivity index (χ3v) is 20.5. The van der Waals surface area contributed by atoms with Gasteiger partial charge in [0.2, 0.25) is 0 Å². The molecular weight excluding hydrogens is 1290 g/mol. The van der Waals surface area contributed by atoms with E-state index in [1.165, 1.54) is 225 Å². The van der Waals surface area contributed by atoms with Crippen LogP contribution in [-0.4, -0.2) is 96.7 Å². The zero-order valence-corrected chi connectivity index (χ0v) is 66.8. The second kappa shape index (κ2) is 70.4. The maximum absolute atomic E-state index is 13.1. The standard InChI is InChI=1S/C80H156O17P2/c1-8-9-10-11-12-13-14-26-33-40-47-54-61-77(82)90-67-76(97-80(85)64-57-50-43-36-29-22-25-32-39-46-53-60-73(6)7)70-95-99(88,89)93-66-74(81)65-92-98(86,87)94-69-75(68-91-78(83)62-55-48-41-34-28-21-24-31-38-45-52-59-72(4)5)96-79(84)63-56-49-42-35-27-20-18-16-15-17-19-23-30-37-44-51-58-71(2)3/h71-76,81H,8-70H2,1-7H3,(H,86,87)(H,88,89)/t74-,75-,76-/m1/s1. The molecule has 0 aliphatic rings. The number of aliphatic hydroxyl groups excluding tert-OH is 1. The molecule has 0 saturated carbocycles. The number of aliphatic hydroxyl groups is 1. The van der Waals surface area contributed by atoms with Gasteiger partial charge in [0.1, 0.15) is 19.3 Å². The van der Waals surface area contributed by atoms with Gasteiger partial charge in [-0.05, 0) is 43.4 Å². The number of phosphoric acid groups is 2. The van der Waals surface area contributed by atoms with Crippen molar-refractivity contribution in [2.75, 3.05) is 39.6 Å². The van der Waals surface area contributed by atoms with Crippen LogP contribution in [0.4, 0.5) is 0 Å². The van der Waals surface area contributed by atoms with Gasteiger partial charge in [-0.2, -0.15) is 0 Å². The van der Waals surface area contributed by atoms with Crippen molar-refractivity contribution in [2.45, 2.75) is 433 Å². The highest BCUT2D eigenvalue weighted by Crippen LogP contribution is 2.45.